The summed E-state index contributed by atoms with van der Waals surface area (Å²) in [5, 5.41) is 4.41. The topological polar surface area (TPSA) is 15.3 Å². The van der Waals surface area contributed by atoms with Crippen LogP contribution in [-0.4, -0.2) is 31.6 Å². The van der Waals surface area contributed by atoms with Gasteiger partial charge in [0, 0.05) is 11.1 Å². The van der Waals surface area contributed by atoms with Gasteiger partial charge in [-0.25, -0.2) is 0 Å². The fraction of sp³-hybridized carbons (Fsp3) is 0.647. The van der Waals surface area contributed by atoms with E-state index in [0.717, 1.165) is 30.5 Å². The molecule has 2 nitrogen and oxygen atoms in total. The Morgan fingerprint density at radius 1 is 1.15 bits per heavy atom. The Kier molecular flexibility index (Phi) is 8.20. The third kappa shape index (κ3) is 6.25. The average molecular weight is 297 g/mol. The highest BCUT2D eigenvalue weighted by atomic mass is 35.5. The van der Waals surface area contributed by atoms with Crippen molar-refractivity contribution in [3.8, 4) is 0 Å². The Morgan fingerprint density at radius 3 is 2.40 bits per heavy atom. The van der Waals surface area contributed by atoms with Crippen LogP contribution >= 0.6 is 11.6 Å². The SMILES string of the molecule is CCNC(CCN(C)CCC(C)C)c1ccccc1Cl. The second kappa shape index (κ2) is 9.38. The predicted octanol–water partition coefficient (Wildman–Crippen LogP) is 4.36. The fourth-order valence-corrected chi connectivity index (χ4v) is 2.58. The summed E-state index contributed by atoms with van der Waals surface area (Å²) < 4.78 is 0. The van der Waals surface area contributed by atoms with Crippen molar-refractivity contribution in [2.45, 2.75) is 39.7 Å². The van der Waals surface area contributed by atoms with Gasteiger partial charge in [-0.15, -0.1) is 0 Å². The van der Waals surface area contributed by atoms with E-state index in [1.54, 1.807) is 0 Å². The molecule has 1 atom stereocenters. The molecule has 0 spiro atoms. The van der Waals surface area contributed by atoms with Gasteiger partial charge in [0.05, 0.1) is 0 Å². The van der Waals surface area contributed by atoms with Crippen LogP contribution in [0.15, 0.2) is 24.3 Å². The number of hydrogen-bond acceptors (Lipinski definition) is 2. The number of hydrogen-bond donors (Lipinski definition) is 1. The molecule has 1 unspecified atom stereocenters. The quantitative estimate of drug-likeness (QED) is 0.728. The van der Waals surface area contributed by atoms with Crippen molar-refractivity contribution in [3.63, 3.8) is 0 Å². The van der Waals surface area contributed by atoms with Gasteiger partial charge in [-0.1, -0.05) is 50.6 Å². The molecule has 20 heavy (non-hydrogen) atoms. The van der Waals surface area contributed by atoms with E-state index in [1.807, 2.05) is 12.1 Å². The number of nitrogens with zero attached hydrogens (tertiary/aromatic N) is 1. The molecule has 1 aromatic carbocycles. The summed E-state index contributed by atoms with van der Waals surface area (Å²) >= 11 is 6.32. The maximum Gasteiger partial charge on any atom is 0.0453 e. The van der Waals surface area contributed by atoms with Crippen LogP contribution in [0.4, 0.5) is 0 Å². The first kappa shape index (κ1) is 17.5. The molecule has 1 aromatic rings. The van der Waals surface area contributed by atoms with Gasteiger partial charge in [-0.05, 0) is 57.1 Å². The van der Waals surface area contributed by atoms with Crippen molar-refractivity contribution < 1.29 is 0 Å². The molecule has 0 aliphatic rings. The highest BCUT2D eigenvalue weighted by molar-refractivity contribution is 6.31. The number of halogens is 1. The summed E-state index contributed by atoms with van der Waals surface area (Å²) in [7, 11) is 2.21. The van der Waals surface area contributed by atoms with E-state index in [1.165, 1.54) is 18.5 Å². The van der Waals surface area contributed by atoms with Crippen LogP contribution in [0.3, 0.4) is 0 Å². The molecule has 0 aliphatic heterocycles. The van der Waals surface area contributed by atoms with Gasteiger partial charge in [0.15, 0.2) is 0 Å². The lowest BCUT2D eigenvalue weighted by Gasteiger charge is -2.24. The van der Waals surface area contributed by atoms with E-state index >= 15 is 0 Å². The molecular formula is C17H29ClN2. The van der Waals surface area contributed by atoms with E-state index < -0.39 is 0 Å². The predicted molar refractivity (Wildman–Crippen MR) is 89.4 cm³/mol. The number of rotatable bonds is 9. The third-order valence-electron chi connectivity index (χ3n) is 3.62. The van der Waals surface area contributed by atoms with Crippen LogP contribution in [0, 0.1) is 5.92 Å². The zero-order valence-electron chi connectivity index (χ0n) is 13.3. The second-order valence-corrected chi connectivity index (χ2v) is 6.31. The average Bonchev–Trinajstić information content (AvgIpc) is 2.42. The lowest BCUT2D eigenvalue weighted by atomic mass is 10.0. The molecule has 0 saturated heterocycles. The van der Waals surface area contributed by atoms with Gasteiger partial charge in [0.1, 0.15) is 0 Å². The molecule has 0 heterocycles. The van der Waals surface area contributed by atoms with E-state index in [9.17, 15) is 0 Å². The summed E-state index contributed by atoms with van der Waals surface area (Å²) in [6.07, 6.45) is 2.35. The fourth-order valence-electron chi connectivity index (χ4n) is 2.31. The zero-order valence-corrected chi connectivity index (χ0v) is 14.1. The van der Waals surface area contributed by atoms with Crippen molar-refractivity contribution in [1.82, 2.24) is 10.2 Å². The highest BCUT2D eigenvalue weighted by Crippen LogP contribution is 2.25. The molecule has 0 radical (unpaired) electrons. The summed E-state index contributed by atoms with van der Waals surface area (Å²) in [4.78, 5) is 2.42. The zero-order chi connectivity index (χ0) is 15.0. The summed E-state index contributed by atoms with van der Waals surface area (Å²) in [6.45, 7) is 9.92. The van der Waals surface area contributed by atoms with Crippen LogP contribution in [0.2, 0.25) is 5.02 Å². The summed E-state index contributed by atoms with van der Waals surface area (Å²) in [6, 6.07) is 8.50. The van der Waals surface area contributed by atoms with Crippen LogP contribution < -0.4 is 5.32 Å². The summed E-state index contributed by atoms with van der Waals surface area (Å²) in [5.41, 5.74) is 1.22. The highest BCUT2D eigenvalue weighted by Gasteiger charge is 2.14. The maximum atomic E-state index is 6.32. The van der Waals surface area contributed by atoms with Gasteiger partial charge >= 0.3 is 0 Å². The molecular weight excluding hydrogens is 268 g/mol. The smallest absolute Gasteiger partial charge is 0.0453 e. The van der Waals surface area contributed by atoms with E-state index in [4.69, 9.17) is 11.6 Å². The normalized spacial score (nSPS) is 13.2. The largest absolute Gasteiger partial charge is 0.310 e. The van der Waals surface area contributed by atoms with Crippen molar-refractivity contribution in [2.24, 2.45) is 5.92 Å². The van der Waals surface area contributed by atoms with Gasteiger partial charge < -0.3 is 10.2 Å². The molecule has 0 amide bonds. The minimum Gasteiger partial charge on any atom is -0.310 e. The van der Waals surface area contributed by atoms with E-state index in [0.29, 0.717) is 6.04 Å². The van der Waals surface area contributed by atoms with Crippen molar-refractivity contribution >= 4 is 11.6 Å². The van der Waals surface area contributed by atoms with Crippen molar-refractivity contribution in [2.75, 3.05) is 26.7 Å². The molecule has 1 rings (SSSR count). The van der Waals surface area contributed by atoms with Crippen molar-refractivity contribution in [1.29, 1.82) is 0 Å². The monoisotopic (exact) mass is 296 g/mol. The molecule has 114 valence electrons. The van der Waals surface area contributed by atoms with E-state index in [-0.39, 0.29) is 0 Å². The standard InChI is InChI=1S/C17H29ClN2/c1-5-19-17(15-8-6-7-9-16(15)18)11-13-20(4)12-10-14(2)3/h6-9,14,17,19H,5,10-13H2,1-4H3. The Balaban J connectivity index is 2.53. The molecule has 0 aliphatic carbocycles. The van der Waals surface area contributed by atoms with Gasteiger partial charge in [0.25, 0.3) is 0 Å². The number of benzene rings is 1. The summed E-state index contributed by atoms with van der Waals surface area (Å²) in [5.74, 6) is 0.769. The second-order valence-electron chi connectivity index (χ2n) is 5.91. The van der Waals surface area contributed by atoms with Crippen molar-refractivity contribution in [3.05, 3.63) is 34.9 Å². The molecule has 1 N–H and O–H groups in total. The first-order chi connectivity index (χ1) is 9.54. The lowest BCUT2D eigenvalue weighted by Crippen LogP contribution is -2.28. The first-order valence-electron chi connectivity index (χ1n) is 7.71. The first-order valence-corrected chi connectivity index (χ1v) is 8.08. The Labute approximate surface area is 129 Å². The minimum absolute atomic E-state index is 0.343. The maximum absolute atomic E-state index is 6.32. The van der Waals surface area contributed by atoms with Crippen LogP contribution in [0.25, 0.3) is 0 Å². The Morgan fingerprint density at radius 2 is 1.80 bits per heavy atom. The van der Waals surface area contributed by atoms with Crippen LogP contribution in [0.5, 0.6) is 0 Å². The van der Waals surface area contributed by atoms with Gasteiger partial charge in [0.2, 0.25) is 0 Å². The molecule has 0 bridgehead atoms. The lowest BCUT2D eigenvalue weighted by molar-refractivity contribution is 0.290. The van der Waals surface area contributed by atoms with E-state index in [2.05, 4.69) is 50.2 Å². The van der Waals surface area contributed by atoms with Crippen LogP contribution in [0.1, 0.15) is 45.2 Å². The Bertz CT molecular complexity index is 379. The Hall–Kier alpha value is -0.570. The van der Waals surface area contributed by atoms with Crippen LogP contribution in [-0.2, 0) is 0 Å². The van der Waals surface area contributed by atoms with Gasteiger partial charge in [-0.2, -0.15) is 0 Å². The molecule has 0 fully saturated rings. The molecule has 0 saturated carbocycles. The van der Waals surface area contributed by atoms with Gasteiger partial charge in [-0.3, -0.25) is 0 Å². The molecule has 3 heteroatoms. The third-order valence-corrected chi connectivity index (χ3v) is 3.96. The minimum atomic E-state index is 0.343. The molecule has 0 aromatic heterocycles. The number of nitrogens with one attached hydrogen (secondary N) is 1.